The summed E-state index contributed by atoms with van der Waals surface area (Å²) in [4.78, 5) is 0. The van der Waals surface area contributed by atoms with Crippen LogP contribution in [0.15, 0.2) is 30.3 Å². The SMILES string of the molecule is CC.CO.Cl.Oc1ccccc1. The number of benzene rings is 1. The Morgan fingerprint density at radius 2 is 1.25 bits per heavy atom. The van der Waals surface area contributed by atoms with E-state index in [-0.39, 0.29) is 12.4 Å². The molecule has 1 aromatic rings. The lowest BCUT2D eigenvalue weighted by molar-refractivity contribution is 0.399. The van der Waals surface area contributed by atoms with Gasteiger partial charge >= 0.3 is 0 Å². The van der Waals surface area contributed by atoms with Crippen molar-refractivity contribution in [3.05, 3.63) is 30.3 Å². The molecule has 0 aliphatic heterocycles. The highest BCUT2D eigenvalue weighted by Crippen LogP contribution is 2.02. The number of phenolic OH excluding ortho intramolecular Hbond substituents is 1. The zero-order chi connectivity index (χ0) is 9.11. The molecular formula is C9H17ClO2. The zero-order valence-corrected chi connectivity index (χ0v) is 8.51. The van der Waals surface area contributed by atoms with Crippen molar-refractivity contribution in [1.29, 1.82) is 0 Å². The van der Waals surface area contributed by atoms with Gasteiger partial charge in [-0.15, -0.1) is 12.4 Å². The molecule has 0 saturated carbocycles. The Hall–Kier alpha value is -0.730. The van der Waals surface area contributed by atoms with Crippen LogP contribution in [-0.4, -0.2) is 17.3 Å². The minimum absolute atomic E-state index is 0. The molecule has 2 N–H and O–H groups in total. The van der Waals surface area contributed by atoms with Gasteiger partial charge in [-0.25, -0.2) is 0 Å². The van der Waals surface area contributed by atoms with Gasteiger partial charge in [-0.3, -0.25) is 0 Å². The summed E-state index contributed by atoms with van der Waals surface area (Å²) < 4.78 is 0. The molecule has 12 heavy (non-hydrogen) atoms. The van der Waals surface area contributed by atoms with E-state index in [1.807, 2.05) is 19.9 Å². The molecular weight excluding hydrogens is 176 g/mol. The van der Waals surface area contributed by atoms with Crippen LogP contribution in [-0.2, 0) is 0 Å². The maximum absolute atomic E-state index is 8.63. The fourth-order valence-electron chi connectivity index (χ4n) is 0.428. The molecule has 0 spiro atoms. The number of aromatic hydroxyl groups is 1. The number of hydrogen-bond acceptors (Lipinski definition) is 2. The Morgan fingerprint density at radius 3 is 1.42 bits per heavy atom. The van der Waals surface area contributed by atoms with E-state index < -0.39 is 0 Å². The van der Waals surface area contributed by atoms with Gasteiger partial charge in [0, 0.05) is 7.11 Å². The summed E-state index contributed by atoms with van der Waals surface area (Å²) in [6.07, 6.45) is 0. The first-order valence-corrected chi connectivity index (χ1v) is 3.58. The second kappa shape index (κ2) is 16.7. The summed E-state index contributed by atoms with van der Waals surface area (Å²) in [6, 6.07) is 8.71. The topological polar surface area (TPSA) is 40.5 Å². The Balaban J connectivity index is -0.000000144. The normalized spacial score (nSPS) is 6.00. The van der Waals surface area contributed by atoms with E-state index in [1.54, 1.807) is 24.3 Å². The van der Waals surface area contributed by atoms with Gasteiger partial charge in [-0.1, -0.05) is 32.0 Å². The number of para-hydroxylation sites is 1. The molecule has 0 aromatic heterocycles. The van der Waals surface area contributed by atoms with Crippen molar-refractivity contribution in [2.45, 2.75) is 13.8 Å². The average Bonchev–Trinajstić information content (AvgIpc) is 2.13. The van der Waals surface area contributed by atoms with Crippen molar-refractivity contribution in [1.82, 2.24) is 0 Å². The third kappa shape index (κ3) is 12.0. The van der Waals surface area contributed by atoms with Gasteiger partial charge in [0.25, 0.3) is 0 Å². The second-order valence-corrected chi connectivity index (χ2v) is 1.34. The predicted molar refractivity (Wildman–Crippen MR) is 54.8 cm³/mol. The van der Waals surface area contributed by atoms with Crippen molar-refractivity contribution >= 4 is 12.4 Å². The zero-order valence-electron chi connectivity index (χ0n) is 7.69. The average molecular weight is 193 g/mol. The molecule has 0 bridgehead atoms. The van der Waals surface area contributed by atoms with E-state index >= 15 is 0 Å². The molecule has 72 valence electrons. The maximum atomic E-state index is 8.63. The molecule has 0 fully saturated rings. The fraction of sp³-hybridized carbons (Fsp3) is 0.333. The molecule has 0 atom stereocenters. The predicted octanol–water partition coefficient (Wildman–Crippen LogP) is 2.45. The molecule has 0 aliphatic rings. The molecule has 0 aliphatic carbocycles. The van der Waals surface area contributed by atoms with Crippen LogP contribution in [0.3, 0.4) is 0 Å². The Bertz CT molecular complexity index is 142. The monoisotopic (exact) mass is 192 g/mol. The summed E-state index contributed by atoms with van der Waals surface area (Å²) in [5.74, 6) is 0.322. The Labute approximate surface area is 80.3 Å². The minimum Gasteiger partial charge on any atom is -0.508 e. The first-order valence-electron chi connectivity index (χ1n) is 3.58. The molecule has 3 heteroatoms. The second-order valence-electron chi connectivity index (χ2n) is 1.34. The van der Waals surface area contributed by atoms with Crippen molar-refractivity contribution in [3.63, 3.8) is 0 Å². The van der Waals surface area contributed by atoms with E-state index in [0.717, 1.165) is 7.11 Å². The summed E-state index contributed by atoms with van der Waals surface area (Å²) in [5, 5.41) is 15.6. The smallest absolute Gasteiger partial charge is 0.115 e. The van der Waals surface area contributed by atoms with Crippen molar-refractivity contribution in [2.75, 3.05) is 7.11 Å². The van der Waals surface area contributed by atoms with Gasteiger partial charge in [0.2, 0.25) is 0 Å². The van der Waals surface area contributed by atoms with Crippen LogP contribution >= 0.6 is 12.4 Å². The first-order chi connectivity index (χ1) is 5.39. The van der Waals surface area contributed by atoms with Crippen LogP contribution in [0.2, 0.25) is 0 Å². The van der Waals surface area contributed by atoms with Crippen molar-refractivity contribution in [2.24, 2.45) is 0 Å². The van der Waals surface area contributed by atoms with Crippen LogP contribution < -0.4 is 0 Å². The van der Waals surface area contributed by atoms with Gasteiger partial charge in [0.15, 0.2) is 0 Å². The highest BCUT2D eigenvalue weighted by Gasteiger charge is 1.74. The molecule has 2 nitrogen and oxygen atoms in total. The largest absolute Gasteiger partial charge is 0.508 e. The van der Waals surface area contributed by atoms with Crippen LogP contribution in [0.1, 0.15) is 13.8 Å². The summed E-state index contributed by atoms with van der Waals surface area (Å²) in [6.45, 7) is 4.00. The van der Waals surface area contributed by atoms with Crippen LogP contribution in [0.25, 0.3) is 0 Å². The highest BCUT2D eigenvalue weighted by atomic mass is 35.5. The number of halogens is 1. The lowest BCUT2D eigenvalue weighted by Gasteiger charge is -1.82. The Morgan fingerprint density at radius 1 is 0.917 bits per heavy atom. The molecule has 0 unspecified atom stereocenters. The number of aliphatic hydroxyl groups is 1. The Kier molecular flexibility index (Phi) is 24.2. The highest BCUT2D eigenvalue weighted by molar-refractivity contribution is 5.85. The van der Waals surface area contributed by atoms with Crippen LogP contribution in [0, 0.1) is 0 Å². The molecule has 1 aromatic carbocycles. The number of rotatable bonds is 0. The first kappa shape index (κ1) is 17.4. The molecule has 0 amide bonds. The van der Waals surface area contributed by atoms with E-state index in [1.165, 1.54) is 0 Å². The third-order valence-corrected chi connectivity index (χ3v) is 0.756. The van der Waals surface area contributed by atoms with Gasteiger partial charge in [-0.05, 0) is 12.1 Å². The van der Waals surface area contributed by atoms with E-state index in [2.05, 4.69) is 0 Å². The van der Waals surface area contributed by atoms with Crippen molar-refractivity contribution in [3.8, 4) is 5.75 Å². The van der Waals surface area contributed by atoms with Crippen molar-refractivity contribution < 1.29 is 10.2 Å². The fourth-order valence-corrected chi connectivity index (χ4v) is 0.428. The summed E-state index contributed by atoms with van der Waals surface area (Å²) >= 11 is 0. The maximum Gasteiger partial charge on any atom is 0.115 e. The number of hydrogen-bond donors (Lipinski definition) is 2. The number of aliphatic hydroxyl groups excluding tert-OH is 1. The molecule has 1 rings (SSSR count). The van der Waals surface area contributed by atoms with Gasteiger partial charge < -0.3 is 10.2 Å². The van der Waals surface area contributed by atoms with E-state index in [0.29, 0.717) is 5.75 Å². The summed E-state index contributed by atoms with van der Waals surface area (Å²) in [7, 11) is 1.00. The van der Waals surface area contributed by atoms with Crippen LogP contribution in [0.5, 0.6) is 5.75 Å². The minimum atomic E-state index is 0. The molecule has 0 heterocycles. The van der Waals surface area contributed by atoms with Crippen LogP contribution in [0.4, 0.5) is 0 Å². The quantitative estimate of drug-likeness (QED) is 0.663. The molecule has 0 radical (unpaired) electrons. The lowest BCUT2D eigenvalue weighted by atomic mass is 10.3. The third-order valence-electron chi connectivity index (χ3n) is 0.756. The van der Waals surface area contributed by atoms with Gasteiger partial charge in [-0.2, -0.15) is 0 Å². The van der Waals surface area contributed by atoms with Gasteiger partial charge in [0.1, 0.15) is 5.75 Å². The van der Waals surface area contributed by atoms with E-state index in [4.69, 9.17) is 10.2 Å². The molecule has 0 saturated heterocycles. The number of phenols is 1. The van der Waals surface area contributed by atoms with Gasteiger partial charge in [0.05, 0.1) is 0 Å². The van der Waals surface area contributed by atoms with E-state index in [9.17, 15) is 0 Å². The standard InChI is InChI=1S/C6H6O.C2H6.CH4O.ClH/c7-6-4-2-1-3-5-6;2*1-2;/h1-5,7H;1-2H3;2H,1H3;1H. The lowest BCUT2D eigenvalue weighted by Crippen LogP contribution is -1.56. The summed E-state index contributed by atoms with van der Waals surface area (Å²) in [5.41, 5.74) is 0.